The Balaban J connectivity index is 2.20. The second-order valence-corrected chi connectivity index (χ2v) is 4.95. The molecule has 0 aromatic carbocycles. The van der Waals surface area contributed by atoms with Gasteiger partial charge < -0.3 is 15.0 Å². The van der Waals surface area contributed by atoms with Crippen molar-refractivity contribution in [3.05, 3.63) is 11.7 Å². The monoisotopic (exact) mass is 239 g/mol. The van der Waals surface area contributed by atoms with E-state index in [-0.39, 0.29) is 5.60 Å². The fraction of sp³-hybridized carbons (Fsp3) is 0.833. The van der Waals surface area contributed by atoms with Crippen LogP contribution in [0.4, 0.5) is 0 Å². The Morgan fingerprint density at radius 2 is 2.41 bits per heavy atom. The van der Waals surface area contributed by atoms with E-state index in [1.807, 2.05) is 0 Å². The Bertz CT molecular complexity index is 366. The molecule has 2 N–H and O–H groups in total. The Morgan fingerprint density at radius 3 is 3.06 bits per heavy atom. The van der Waals surface area contributed by atoms with E-state index in [1.165, 1.54) is 6.42 Å². The third kappa shape index (κ3) is 2.50. The van der Waals surface area contributed by atoms with Crippen LogP contribution in [-0.2, 0) is 16.8 Å². The highest BCUT2D eigenvalue weighted by Gasteiger charge is 2.40. The van der Waals surface area contributed by atoms with Crippen molar-refractivity contribution < 1.29 is 9.26 Å². The number of methoxy groups -OCH3 is 1. The molecule has 2 rings (SSSR count). The molecule has 5 heteroatoms. The van der Waals surface area contributed by atoms with Crippen LogP contribution in [-0.4, -0.2) is 23.8 Å². The smallest absolute Gasteiger partial charge is 0.228 e. The highest BCUT2D eigenvalue weighted by Crippen LogP contribution is 2.41. The lowest BCUT2D eigenvalue weighted by Gasteiger charge is -2.36. The Kier molecular flexibility index (Phi) is 3.79. The summed E-state index contributed by atoms with van der Waals surface area (Å²) in [5, 5.41) is 4.07. The second-order valence-electron chi connectivity index (χ2n) is 4.95. The van der Waals surface area contributed by atoms with Crippen LogP contribution in [0.25, 0.3) is 0 Å². The van der Waals surface area contributed by atoms with Gasteiger partial charge in [0.15, 0.2) is 0 Å². The number of aromatic nitrogens is 2. The molecule has 0 radical (unpaired) electrons. The summed E-state index contributed by atoms with van der Waals surface area (Å²) in [6.45, 7) is 2.77. The van der Waals surface area contributed by atoms with Gasteiger partial charge in [-0.2, -0.15) is 4.98 Å². The average molecular weight is 239 g/mol. The molecular formula is C12H21N3O2. The van der Waals surface area contributed by atoms with Gasteiger partial charge in [-0.3, -0.25) is 0 Å². The molecule has 2 atom stereocenters. The van der Waals surface area contributed by atoms with E-state index in [1.54, 1.807) is 7.11 Å². The van der Waals surface area contributed by atoms with Gasteiger partial charge in [0.2, 0.25) is 11.7 Å². The van der Waals surface area contributed by atoms with Gasteiger partial charge in [0.25, 0.3) is 0 Å². The van der Waals surface area contributed by atoms with Crippen LogP contribution in [0.3, 0.4) is 0 Å². The van der Waals surface area contributed by atoms with E-state index >= 15 is 0 Å². The number of nitrogens with zero attached hydrogens (tertiary/aromatic N) is 2. The van der Waals surface area contributed by atoms with Gasteiger partial charge in [-0.05, 0) is 25.2 Å². The molecule has 1 aromatic heterocycles. The van der Waals surface area contributed by atoms with Gasteiger partial charge in [-0.15, -0.1) is 0 Å². The first-order chi connectivity index (χ1) is 8.20. The lowest BCUT2D eigenvalue weighted by atomic mass is 9.78. The zero-order chi connectivity index (χ0) is 12.3. The molecule has 2 unspecified atom stereocenters. The molecule has 5 nitrogen and oxygen atoms in total. The minimum Gasteiger partial charge on any atom is -0.370 e. The summed E-state index contributed by atoms with van der Waals surface area (Å²) < 4.78 is 10.9. The predicted octanol–water partition coefficient (Wildman–Crippen LogP) is 1.62. The van der Waals surface area contributed by atoms with E-state index in [0.29, 0.717) is 30.6 Å². The van der Waals surface area contributed by atoms with Gasteiger partial charge in [-0.25, -0.2) is 0 Å². The quantitative estimate of drug-likeness (QED) is 0.864. The fourth-order valence-electron chi connectivity index (χ4n) is 2.65. The largest absolute Gasteiger partial charge is 0.370 e. The maximum Gasteiger partial charge on any atom is 0.228 e. The van der Waals surface area contributed by atoms with E-state index in [4.69, 9.17) is 15.0 Å². The summed E-state index contributed by atoms with van der Waals surface area (Å²) in [4.78, 5) is 4.42. The van der Waals surface area contributed by atoms with E-state index in [0.717, 1.165) is 19.3 Å². The van der Waals surface area contributed by atoms with Crippen molar-refractivity contribution in [3.63, 3.8) is 0 Å². The summed E-state index contributed by atoms with van der Waals surface area (Å²) in [6.07, 6.45) is 4.96. The summed E-state index contributed by atoms with van der Waals surface area (Å²) in [6, 6.07) is 0. The van der Waals surface area contributed by atoms with Crippen molar-refractivity contribution in [1.82, 2.24) is 10.1 Å². The van der Waals surface area contributed by atoms with Crippen molar-refractivity contribution in [1.29, 1.82) is 0 Å². The van der Waals surface area contributed by atoms with Crippen molar-refractivity contribution >= 4 is 0 Å². The number of rotatable bonds is 4. The maximum atomic E-state index is 5.71. The molecule has 1 fully saturated rings. The molecular weight excluding hydrogens is 218 g/mol. The molecule has 0 aliphatic heterocycles. The summed E-state index contributed by atoms with van der Waals surface area (Å²) in [5.74, 6) is 1.94. The Hall–Kier alpha value is -0.940. The first-order valence-electron chi connectivity index (χ1n) is 6.28. The summed E-state index contributed by atoms with van der Waals surface area (Å²) >= 11 is 0. The zero-order valence-electron chi connectivity index (χ0n) is 10.6. The maximum absolute atomic E-state index is 5.71. The zero-order valence-corrected chi connectivity index (χ0v) is 10.6. The van der Waals surface area contributed by atoms with Crippen molar-refractivity contribution in [2.45, 2.75) is 44.6 Å². The summed E-state index contributed by atoms with van der Waals surface area (Å²) in [7, 11) is 1.73. The van der Waals surface area contributed by atoms with Gasteiger partial charge in [0.05, 0.1) is 0 Å². The van der Waals surface area contributed by atoms with Crippen LogP contribution in [0.2, 0.25) is 0 Å². The lowest BCUT2D eigenvalue weighted by Crippen LogP contribution is -2.35. The minimum absolute atomic E-state index is 0.353. The van der Waals surface area contributed by atoms with Crippen LogP contribution >= 0.6 is 0 Å². The van der Waals surface area contributed by atoms with Crippen molar-refractivity contribution in [2.75, 3.05) is 13.7 Å². The third-order valence-electron chi connectivity index (χ3n) is 3.58. The van der Waals surface area contributed by atoms with Crippen LogP contribution in [0.15, 0.2) is 4.52 Å². The Labute approximate surface area is 102 Å². The SMILES string of the molecule is COC1(c2noc(CCN)n2)CCCC(C)C1. The van der Waals surface area contributed by atoms with Crippen LogP contribution in [0.5, 0.6) is 0 Å². The van der Waals surface area contributed by atoms with Gasteiger partial charge in [-0.1, -0.05) is 18.5 Å². The van der Waals surface area contributed by atoms with Gasteiger partial charge in [0.1, 0.15) is 5.60 Å². The number of ether oxygens (including phenoxy) is 1. The molecule has 1 saturated carbocycles. The van der Waals surface area contributed by atoms with E-state index in [2.05, 4.69) is 17.1 Å². The molecule has 0 amide bonds. The van der Waals surface area contributed by atoms with Crippen LogP contribution in [0.1, 0.15) is 44.3 Å². The number of hydrogen-bond donors (Lipinski definition) is 1. The highest BCUT2D eigenvalue weighted by molar-refractivity contribution is 5.04. The third-order valence-corrected chi connectivity index (χ3v) is 3.58. The number of nitrogens with two attached hydrogens (primary N) is 1. The molecule has 1 aromatic rings. The minimum atomic E-state index is -0.353. The van der Waals surface area contributed by atoms with Crippen molar-refractivity contribution in [3.8, 4) is 0 Å². The molecule has 1 aliphatic rings. The molecule has 96 valence electrons. The average Bonchev–Trinajstić information content (AvgIpc) is 2.78. The molecule has 0 spiro atoms. The normalized spacial score (nSPS) is 29.5. The molecule has 17 heavy (non-hydrogen) atoms. The topological polar surface area (TPSA) is 74.2 Å². The predicted molar refractivity (Wildman–Crippen MR) is 63.4 cm³/mol. The Morgan fingerprint density at radius 1 is 1.59 bits per heavy atom. The van der Waals surface area contributed by atoms with Gasteiger partial charge >= 0.3 is 0 Å². The van der Waals surface area contributed by atoms with Gasteiger partial charge in [0, 0.05) is 20.1 Å². The summed E-state index contributed by atoms with van der Waals surface area (Å²) in [5.41, 5.74) is 5.12. The lowest BCUT2D eigenvalue weighted by molar-refractivity contribution is -0.0658. The first-order valence-corrected chi connectivity index (χ1v) is 6.28. The fourth-order valence-corrected chi connectivity index (χ4v) is 2.65. The molecule has 1 heterocycles. The highest BCUT2D eigenvalue weighted by atomic mass is 16.5. The molecule has 0 saturated heterocycles. The van der Waals surface area contributed by atoms with Crippen molar-refractivity contribution in [2.24, 2.45) is 11.7 Å². The number of hydrogen-bond acceptors (Lipinski definition) is 5. The molecule has 0 bridgehead atoms. The van der Waals surface area contributed by atoms with E-state index < -0.39 is 0 Å². The second kappa shape index (κ2) is 5.14. The molecule has 1 aliphatic carbocycles. The van der Waals surface area contributed by atoms with Crippen LogP contribution < -0.4 is 5.73 Å². The van der Waals surface area contributed by atoms with Crippen LogP contribution in [0, 0.1) is 5.92 Å². The van der Waals surface area contributed by atoms with E-state index in [9.17, 15) is 0 Å². The standard InChI is InChI=1S/C12H21N3O2/c1-9-4-3-6-12(8-9,16-2)11-14-10(5-7-13)17-15-11/h9H,3-8,13H2,1-2H3. The first kappa shape index (κ1) is 12.5.